The first kappa shape index (κ1) is 13.3. The molecule has 0 radical (unpaired) electrons. The summed E-state index contributed by atoms with van der Waals surface area (Å²) >= 11 is 0. The van der Waals surface area contributed by atoms with E-state index in [-0.39, 0.29) is 0 Å². The van der Waals surface area contributed by atoms with Crippen LogP contribution >= 0.6 is 0 Å². The molecule has 0 aromatic rings. The minimum absolute atomic E-state index is 0.563. The molecule has 0 saturated carbocycles. The maximum atomic E-state index is 5.65. The molecule has 2 saturated heterocycles. The van der Waals surface area contributed by atoms with E-state index >= 15 is 0 Å². The van der Waals surface area contributed by atoms with Gasteiger partial charge in [0.05, 0.1) is 6.10 Å². The lowest BCUT2D eigenvalue weighted by Gasteiger charge is -2.34. The van der Waals surface area contributed by atoms with Gasteiger partial charge >= 0.3 is 0 Å². The van der Waals surface area contributed by atoms with Gasteiger partial charge in [0, 0.05) is 45.9 Å². The van der Waals surface area contributed by atoms with Crippen LogP contribution in [-0.4, -0.2) is 68.3 Å². The minimum atomic E-state index is 0.563. The molecule has 2 heterocycles. The van der Waals surface area contributed by atoms with E-state index in [1.54, 1.807) is 0 Å². The largest absolute Gasteiger partial charge is 0.378 e. The molecule has 0 aromatic heterocycles. The highest BCUT2D eigenvalue weighted by Gasteiger charge is 2.18. The molecule has 4 heteroatoms. The summed E-state index contributed by atoms with van der Waals surface area (Å²) in [5, 5.41) is 0. The second kappa shape index (κ2) is 7.31. The van der Waals surface area contributed by atoms with Gasteiger partial charge in [0.1, 0.15) is 0 Å². The Labute approximate surface area is 105 Å². The van der Waals surface area contributed by atoms with Gasteiger partial charge in [0.15, 0.2) is 0 Å². The van der Waals surface area contributed by atoms with Crippen molar-refractivity contribution in [1.82, 2.24) is 9.80 Å². The Morgan fingerprint density at radius 1 is 1.06 bits per heavy atom. The Bertz CT molecular complexity index is 199. The third-order valence-electron chi connectivity index (χ3n) is 3.93. The van der Waals surface area contributed by atoms with Crippen LogP contribution in [0.4, 0.5) is 0 Å². The Morgan fingerprint density at radius 2 is 1.76 bits per heavy atom. The Hall–Kier alpha value is -0.160. The van der Waals surface area contributed by atoms with Gasteiger partial charge in [-0.2, -0.15) is 0 Å². The van der Waals surface area contributed by atoms with Gasteiger partial charge in [0.25, 0.3) is 0 Å². The van der Waals surface area contributed by atoms with Gasteiger partial charge in [-0.25, -0.2) is 0 Å². The van der Waals surface area contributed by atoms with Crippen molar-refractivity contribution in [3.8, 4) is 0 Å². The predicted molar refractivity (Wildman–Crippen MR) is 70.1 cm³/mol. The topological polar surface area (TPSA) is 41.7 Å². The highest BCUT2D eigenvalue weighted by Crippen LogP contribution is 2.17. The fourth-order valence-electron chi connectivity index (χ4n) is 2.83. The molecule has 1 unspecified atom stereocenters. The number of nitrogens with zero attached hydrogens (tertiary/aromatic N) is 2. The van der Waals surface area contributed by atoms with Crippen molar-refractivity contribution in [2.45, 2.75) is 31.8 Å². The van der Waals surface area contributed by atoms with Crippen molar-refractivity contribution in [3.63, 3.8) is 0 Å². The lowest BCUT2D eigenvalue weighted by atomic mass is 10.1. The second-order valence-electron chi connectivity index (χ2n) is 5.25. The van der Waals surface area contributed by atoms with Crippen LogP contribution < -0.4 is 5.73 Å². The Kier molecular flexibility index (Phi) is 5.71. The molecule has 0 spiro atoms. The molecular formula is C13H27N3O. The molecule has 4 nitrogen and oxygen atoms in total. The highest BCUT2D eigenvalue weighted by atomic mass is 16.5. The molecule has 0 aromatic carbocycles. The number of hydrogen-bond acceptors (Lipinski definition) is 4. The molecule has 1 atom stereocenters. The summed E-state index contributed by atoms with van der Waals surface area (Å²) in [6.07, 6.45) is 5.66. The fourth-order valence-corrected chi connectivity index (χ4v) is 2.83. The summed E-state index contributed by atoms with van der Waals surface area (Å²) in [5.74, 6) is 0. The Balaban J connectivity index is 1.52. The van der Waals surface area contributed by atoms with Crippen molar-refractivity contribution in [1.29, 1.82) is 0 Å². The molecule has 0 bridgehead atoms. The molecule has 100 valence electrons. The number of nitrogens with two attached hydrogens (primary N) is 1. The zero-order valence-electron chi connectivity index (χ0n) is 10.9. The van der Waals surface area contributed by atoms with Crippen LogP contribution in [0, 0.1) is 0 Å². The molecule has 0 aliphatic carbocycles. The van der Waals surface area contributed by atoms with Crippen molar-refractivity contribution < 1.29 is 4.74 Å². The predicted octanol–water partition coefficient (Wildman–Crippen LogP) is 0.522. The van der Waals surface area contributed by atoms with Crippen LogP contribution in [0.1, 0.15) is 25.7 Å². The molecule has 0 amide bonds. The maximum Gasteiger partial charge on any atom is 0.0576 e. The average molecular weight is 241 g/mol. The SMILES string of the molecule is NCCN1CCN(CCCC2CCCO2)CC1. The number of piperazine rings is 1. The van der Waals surface area contributed by atoms with E-state index in [4.69, 9.17) is 10.5 Å². The van der Waals surface area contributed by atoms with Crippen molar-refractivity contribution >= 4 is 0 Å². The maximum absolute atomic E-state index is 5.65. The first-order valence-corrected chi connectivity index (χ1v) is 7.15. The van der Waals surface area contributed by atoms with Gasteiger partial charge in [-0.1, -0.05) is 0 Å². The number of rotatable bonds is 6. The molecule has 2 fully saturated rings. The molecule has 2 aliphatic rings. The third kappa shape index (κ3) is 4.54. The summed E-state index contributed by atoms with van der Waals surface area (Å²) in [5.41, 5.74) is 5.57. The van der Waals surface area contributed by atoms with Crippen molar-refractivity contribution in [2.24, 2.45) is 5.73 Å². The monoisotopic (exact) mass is 241 g/mol. The van der Waals surface area contributed by atoms with Crippen molar-refractivity contribution in [2.75, 3.05) is 52.4 Å². The molecule has 2 rings (SSSR count). The lowest BCUT2D eigenvalue weighted by Crippen LogP contribution is -2.47. The summed E-state index contributed by atoms with van der Waals surface area (Å²) in [4.78, 5) is 5.05. The smallest absolute Gasteiger partial charge is 0.0576 e. The first-order chi connectivity index (χ1) is 8.38. The van der Waals surface area contributed by atoms with Crippen LogP contribution in [0.15, 0.2) is 0 Å². The number of hydrogen-bond donors (Lipinski definition) is 1. The zero-order chi connectivity index (χ0) is 11.9. The van der Waals surface area contributed by atoms with Gasteiger partial charge in [0.2, 0.25) is 0 Å². The third-order valence-corrected chi connectivity index (χ3v) is 3.93. The van der Waals surface area contributed by atoms with Gasteiger partial charge in [-0.05, 0) is 32.2 Å². The van der Waals surface area contributed by atoms with E-state index in [1.165, 1.54) is 58.4 Å². The van der Waals surface area contributed by atoms with Crippen LogP contribution in [0.25, 0.3) is 0 Å². The normalized spacial score (nSPS) is 27.7. The molecule has 17 heavy (non-hydrogen) atoms. The van der Waals surface area contributed by atoms with Crippen LogP contribution in [0.3, 0.4) is 0 Å². The van der Waals surface area contributed by atoms with Gasteiger partial charge < -0.3 is 15.4 Å². The van der Waals surface area contributed by atoms with E-state index in [1.807, 2.05) is 0 Å². The Morgan fingerprint density at radius 3 is 2.35 bits per heavy atom. The second-order valence-corrected chi connectivity index (χ2v) is 5.25. The van der Waals surface area contributed by atoms with Crippen LogP contribution in [0.5, 0.6) is 0 Å². The van der Waals surface area contributed by atoms with E-state index in [9.17, 15) is 0 Å². The zero-order valence-corrected chi connectivity index (χ0v) is 10.9. The van der Waals surface area contributed by atoms with E-state index in [0.717, 1.165) is 19.7 Å². The van der Waals surface area contributed by atoms with Gasteiger partial charge in [-0.15, -0.1) is 0 Å². The minimum Gasteiger partial charge on any atom is -0.378 e. The standard InChI is InChI=1S/C13H27N3O/c14-5-7-16-10-8-15(9-11-16)6-1-3-13-4-2-12-17-13/h13H,1-12,14H2. The van der Waals surface area contributed by atoms with Crippen molar-refractivity contribution in [3.05, 3.63) is 0 Å². The average Bonchev–Trinajstić information content (AvgIpc) is 2.85. The summed E-state index contributed by atoms with van der Waals surface area (Å²) in [7, 11) is 0. The summed E-state index contributed by atoms with van der Waals surface area (Å²) < 4.78 is 5.65. The van der Waals surface area contributed by atoms with E-state index < -0.39 is 0 Å². The highest BCUT2D eigenvalue weighted by molar-refractivity contribution is 4.73. The van der Waals surface area contributed by atoms with E-state index in [0.29, 0.717) is 6.10 Å². The van der Waals surface area contributed by atoms with Crippen LogP contribution in [-0.2, 0) is 4.74 Å². The molecule has 2 aliphatic heterocycles. The number of ether oxygens (including phenoxy) is 1. The summed E-state index contributed by atoms with van der Waals surface area (Å²) in [6.45, 7) is 8.90. The van der Waals surface area contributed by atoms with Gasteiger partial charge in [-0.3, -0.25) is 4.90 Å². The fraction of sp³-hybridized carbons (Fsp3) is 1.00. The lowest BCUT2D eigenvalue weighted by molar-refractivity contribution is 0.0920. The summed E-state index contributed by atoms with van der Waals surface area (Å²) in [6, 6.07) is 0. The van der Waals surface area contributed by atoms with Crippen LogP contribution in [0.2, 0.25) is 0 Å². The first-order valence-electron chi connectivity index (χ1n) is 7.15. The van der Waals surface area contributed by atoms with E-state index in [2.05, 4.69) is 9.80 Å². The molecular weight excluding hydrogens is 214 g/mol. The molecule has 2 N–H and O–H groups in total. The quantitative estimate of drug-likeness (QED) is 0.736.